The highest BCUT2D eigenvalue weighted by Gasteiger charge is 2.55. The number of likely N-dealkylation sites (tertiary alicyclic amines) is 2. The molecule has 4 rings (SSSR count). The fraction of sp³-hybridized carbons (Fsp3) is 0.571. The van der Waals surface area contributed by atoms with Gasteiger partial charge in [0, 0.05) is 37.6 Å². The molecule has 1 aliphatic carbocycles. The number of benzene rings is 1. The maximum absolute atomic E-state index is 13.4. The number of ether oxygens (including phenoxy) is 1. The molecule has 0 aromatic heterocycles. The topological polar surface area (TPSA) is 66.9 Å². The van der Waals surface area contributed by atoms with Gasteiger partial charge in [-0.25, -0.2) is 0 Å². The number of fused-ring (bicyclic) bond motifs is 2. The van der Waals surface area contributed by atoms with Crippen molar-refractivity contribution in [2.75, 3.05) is 26.8 Å². The molecule has 2 heterocycles. The van der Waals surface area contributed by atoms with Crippen molar-refractivity contribution in [3.8, 4) is 0 Å². The summed E-state index contributed by atoms with van der Waals surface area (Å²) in [5.41, 5.74) is -0.671. The van der Waals surface area contributed by atoms with E-state index < -0.39 is 5.41 Å². The summed E-state index contributed by atoms with van der Waals surface area (Å²) in [6, 6.07) is 7.32. The first-order valence-corrected chi connectivity index (χ1v) is 10.2. The van der Waals surface area contributed by atoms with Crippen molar-refractivity contribution in [2.24, 2.45) is 5.92 Å². The highest BCUT2D eigenvalue weighted by atomic mass is 35.5. The minimum atomic E-state index is -1.23. The Morgan fingerprint density at radius 2 is 2.07 bits per heavy atom. The summed E-state index contributed by atoms with van der Waals surface area (Å²) >= 11 is 6.43. The lowest BCUT2D eigenvalue weighted by Crippen LogP contribution is -2.46. The van der Waals surface area contributed by atoms with Gasteiger partial charge >= 0.3 is 0 Å². The molecule has 7 heteroatoms. The summed E-state index contributed by atoms with van der Waals surface area (Å²) in [6.07, 6.45) is 3.20. The SMILES string of the molecule is COCCN1C(=O)C[C@@](CC(=O)N2C[C@@H]3CC[C@@H]2C3)(c2ccccc2Cl)C1=O. The molecule has 3 amide bonds. The molecule has 1 saturated carbocycles. The van der Waals surface area contributed by atoms with E-state index in [1.54, 1.807) is 24.3 Å². The minimum Gasteiger partial charge on any atom is -0.383 e. The molecule has 0 N–H and O–H groups in total. The standard InChI is InChI=1S/C21H25ClN2O4/c1-28-9-8-23-18(25)11-21(20(23)27,16-4-2-3-5-17(16)22)12-19(26)24-13-14-6-7-15(24)10-14/h2-5,14-15H,6-13H2,1H3/t14-,15-,21-/m1/s1. The van der Waals surface area contributed by atoms with Crippen molar-refractivity contribution < 1.29 is 19.1 Å². The van der Waals surface area contributed by atoms with Crippen LogP contribution in [0.1, 0.15) is 37.7 Å². The van der Waals surface area contributed by atoms with Gasteiger partial charge in [0.15, 0.2) is 0 Å². The van der Waals surface area contributed by atoms with Gasteiger partial charge in [-0.3, -0.25) is 19.3 Å². The van der Waals surface area contributed by atoms with Gasteiger partial charge in [-0.2, -0.15) is 0 Å². The second kappa shape index (κ2) is 7.48. The number of imide groups is 1. The van der Waals surface area contributed by atoms with Crippen molar-refractivity contribution in [3.05, 3.63) is 34.9 Å². The molecule has 0 spiro atoms. The number of amides is 3. The van der Waals surface area contributed by atoms with Gasteiger partial charge in [-0.05, 0) is 36.8 Å². The van der Waals surface area contributed by atoms with Crippen LogP contribution in [0.4, 0.5) is 0 Å². The predicted octanol–water partition coefficient (Wildman–Crippen LogP) is 2.38. The van der Waals surface area contributed by atoms with Crippen molar-refractivity contribution in [3.63, 3.8) is 0 Å². The molecule has 0 unspecified atom stereocenters. The average molecular weight is 405 g/mol. The van der Waals surface area contributed by atoms with Gasteiger partial charge in [0.2, 0.25) is 17.7 Å². The Kier molecular flexibility index (Phi) is 5.19. The largest absolute Gasteiger partial charge is 0.383 e. The van der Waals surface area contributed by atoms with E-state index in [-0.39, 0.29) is 49.8 Å². The molecule has 0 radical (unpaired) electrons. The lowest BCUT2D eigenvalue weighted by atomic mass is 9.75. The number of hydrogen-bond acceptors (Lipinski definition) is 4. The van der Waals surface area contributed by atoms with E-state index in [4.69, 9.17) is 16.3 Å². The molecule has 1 aromatic rings. The van der Waals surface area contributed by atoms with Crippen LogP contribution < -0.4 is 0 Å². The third kappa shape index (κ3) is 3.12. The summed E-state index contributed by atoms with van der Waals surface area (Å²) in [5.74, 6) is -0.107. The van der Waals surface area contributed by atoms with Crippen LogP contribution in [0, 0.1) is 5.92 Å². The number of piperidine rings is 1. The molecule has 3 aliphatic rings. The van der Waals surface area contributed by atoms with Gasteiger partial charge < -0.3 is 9.64 Å². The number of hydrogen-bond donors (Lipinski definition) is 0. The number of methoxy groups -OCH3 is 1. The number of carbonyl (C=O) groups excluding carboxylic acids is 3. The van der Waals surface area contributed by atoms with Gasteiger partial charge in [-0.15, -0.1) is 0 Å². The molecular formula is C21H25ClN2O4. The Bertz CT molecular complexity index is 813. The Morgan fingerprint density at radius 3 is 2.71 bits per heavy atom. The van der Waals surface area contributed by atoms with Crippen LogP contribution in [-0.4, -0.2) is 60.4 Å². The van der Waals surface area contributed by atoms with Crippen LogP contribution in [-0.2, 0) is 24.5 Å². The van der Waals surface area contributed by atoms with E-state index in [0.29, 0.717) is 16.5 Å². The van der Waals surface area contributed by atoms with E-state index in [2.05, 4.69) is 0 Å². The zero-order valence-electron chi connectivity index (χ0n) is 16.0. The van der Waals surface area contributed by atoms with Crippen LogP contribution in [0.25, 0.3) is 0 Å². The Balaban J connectivity index is 1.67. The molecule has 3 fully saturated rings. The third-order valence-electron chi connectivity index (χ3n) is 6.50. The predicted molar refractivity (Wildman–Crippen MR) is 104 cm³/mol. The molecule has 6 nitrogen and oxygen atoms in total. The minimum absolute atomic E-state index is 0.0198. The number of halogens is 1. The van der Waals surface area contributed by atoms with E-state index in [1.807, 2.05) is 4.90 Å². The number of nitrogens with zero attached hydrogens (tertiary/aromatic N) is 2. The summed E-state index contributed by atoms with van der Waals surface area (Å²) in [7, 11) is 1.53. The van der Waals surface area contributed by atoms with Crippen molar-refractivity contribution in [1.29, 1.82) is 0 Å². The van der Waals surface area contributed by atoms with E-state index in [1.165, 1.54) is 18.4 Å². The lowest BCUT2D eigenvalue weighted by Gasteiger charge is -2.33. The van der Waals surface area contributed by atoms with E-state index in [0.717, 1.165) is 19.4 Å². The highest BCUT2D eigenvalue weighted by Crippen LogP contribution is 2.45. The highest BCUT2D eigenvalue weighted by molar-refractivity contribution is 6.32. The maximum atomic E-state index is 13.4. The van der Waals surface area contributed by atoms with E-state index in [9.17, 15) is 14.4 Å². The molecule has 2 bridgehead atoms. The zero-order valence-corrected chi connectivity index (χ0v) is 16.8. The summed E-state index contributed by atoms with van der Waals surface area (Å²) in [4.78, 5) is 42.5. The van der Waals surface area contributed by atoms with Gasteiger partial charge in [0.1, 0.15) is 0 Å². The number of rotatable bonds is 6. The zero-order chi connectivity index (χ0) is 19.9. The van der Waals surface area contributed by atoms with Crippen molar-refractivity contribution >= 4 is 29.3 Å². The first-order chi connectivity index (χ1) is 13.5. The van der Waals surface area contributed by atoms with Crippen LogP contribution in [0.3, 0.4) is 0 Å². The van der Waals surface area contributed by atoms with Gasteiger partial charge in [-0.1, -0.05) is 29.8 Å². The normalized spacial score (nSPS) is 29.2. The monoisotopic (exact) mass is 404 g/mol. The van der Waals surface area contributed by atoms with Crippen LogP contribution in [0.15, 0.2) is 24.3 Å². The summed E-state index contributed by atoms with van der Waals surface area (Å²) in [5, 5.41) is 0.410. The average Bonchev–Trinajstić information content (AvgIpc) is 3.36. The van der Waals surface area contributed by atoms with Crippen molar-refractivity contribution in [1.82, 2.24) is 9.80 Å². The Morgan fingerprint density at radius 1 is 1.29 bits per heavy atom. The molecule has 3 atom stereocenters. The smallest absolute Gasteiger partial charge is 0.241 e. The summed E-state index contributed by atoms with van der Waals surface area (Å²) < 4.78 is 5.05. The quantitative estimate of drug-likeness (QED) is 0.683. The second-order valence-corrected chi connectivity index (χ2v) is 8.55. The maximum Gasteiger partial charge on any atom is 0.241 e. The molecular weight excluding hydrogens is 380 g/mol. The van der Waals surface area contributed by atoms with Gasteiger partial charge in [0.05, 0.1) is 18.6 Å². The first-order valence-electron chi connectivity index (χ1n) is 9.84. The molecule has 2 aliphatic heterocycles. The number of carbonyl (C=O) groups is 3. The third-order valence-corrected chi connectivity index (χ3v) is 6.83. The van der Waals surface area contributed by atoms with Crippen molar-refractivity contribution in [2.45, 2.75) is 43.6 Å². The second-order valence-electron chi connectivity index (χ2n) is 8.14. The van der Waals surface area contributed by atoms with E-state index >= 15 is 0 Å². The van der Waals surface area contributed by atoms with Crippen LogP contribution >= 0.6 is 11.6 Å². The van der Waals surface area contributed by atoms with Gasteiger partial charge in [0.25, 0.3) is 0 Å². The fourth-order valence-corrected chi connectivity index (χ4v) is 5.41. The first kappa shape index (κ1) is 19.4. The molecule has 28 heavy (non-hydrogen) atoms. The van der Waals surface area contributed by atoms with Crippen LogP contribution in [0.2, 0.25) is 5.02 Å². The molecule has 1 aromatic carbocycles. The fourth-order valence-electron chi connectivity index (χ4n) is 5.09. The molecule has 150 valence electrons. The summed E-state index contributed by atoms with van der Waals surface area (Å²) in [6.45, 7) is 1.21. The van der Waals surface area contributed by atoms with Crippen LogP contribution in [0.5, 0.6) is 0 Å². The lowest BCUT2D eigenvalue weighted by molar-refractivity contribution is -0.143. The molecule has 2 saturated heterocycles. The Labute approximate surface area is 169 Å². The Hall–Kier alpha value is -1.92.